The molecule has 0 radical (unpaired) electrons. The molecule has 2 aromatic carbocycles. The van der Waals surface area contributed by atoms with E-state index in [9.17, 15) is 17.6 Å². The second kappa shape index (κ2) is 6.06. The highest BCUT2D eigenvalue weighted by Crippen LogP contribution is 2.38. The van der Waals surface area contributed by atoms with E-state index < -0.39 is 15.7 Å². The van der Waals surface area contributed by atoms with E-state index in [1.54, 1.807) is 24.3 Å². The van der Waals surface area contributed by atoms with Gasteiger partial charge >= 0.3 is 0 Å². The van der Waals surface area contributed by atoms with Gasteiger partial charge in [-0.15, -0.1) is 11.3 Å². The molecule has 0 amide bonds. The van der Waals surface area contributed by atoms with Gasteiger partial charge in [0.2, 0.25) is 9.84 Å². The van der Waals surface area contributed by atoms with Crippen molar-refractivity contribution in [2.75, 3.05) is 0 Å². The summed E-state index contributed by atoms with van der Waals surface area (Å²) in [5.41, 5.74) is 0.366. The zero-order chi connectivity index (χ0) is 16.4. The Balaban J connectivity index is 2.27. The lowest BCUT2D eigenvalue weighted by molar-refractivity contribution is 0.112. The molecule has 3 nitrogen and oxygen atoms in total. The number of rotatable bonds is 4. The van der Waals surface area contributed by atoms with Crippen LogP contribution in [0.5, 0.6) is 0 Å². The van der Waals surface area contributed by atoms with Crippen LogP contribution in [0.4, 0.5) is 4.39 Å². The molecule has 0 spiro atoms. The van der Waals surface area contributed by atoms with Crippen LogP contribution in [0.2, 0.25) is 0 Å². The first kappa shape index (κ1) is 15.6. The van der Waals surface area contributed by atoms with E-state index >= 15 is 0 Å². The number of thiophene rings is 1. The maximum Gasteiger partial charge on any atom is 0.216 e. The molecule has 0 aliphatic rings. The van der Waals surface area contributed by atoms with Crippen molar-refractivity contribution < 1.29 is 17.6 Å². The van der Waals surface area contributed by atoms with Crippen LogP contribution in [0.15, 0.2) is 69.8 Å². The Morgan fingerprint density at radius 3 is 2.22 bits per heavy atom. The first-order chi connectivity index (χ1) is 11.0. The Kier molecular flexibility index (Phi) is 4.11. The number of aldehydes is 1. The SMILES string of the molecule is O=Cc1cc(-c2ccccc2F)c(S(=O)(=O)c2ccccc2)s1. The van der Waals surface area contributed by atoms with Crippen LogP contribution in [-0.2, 0) is 9.84 Å². The lowest BCUT2D eigenvalue weighted by Gasteiger charge is -2.06. The molecule has 3 rings (SSSR count). The molecule has 0 saturated heterocycles. The van der Waals surface area contributed by atoms with E-state index in [1.807, 2.05) is 0 Å². The third-order valence-corrected chi connectivity index (χ3v) is 6.66. The predicted molar refractivity (Wildman–Crippen MR) is 87.0 cm³/mol. The zero-order valence-corrected chi connectivity index (χ0v) is 13.4. The number of hydrogen-bond acceptors (Lipinski definition) is 4. The molecule has 0 bridgehead atoms. The minimum absolute atomic E-state index is 0.0316. The highest BCUT2D eigenvalue weighted by Gasteiger charge is 2.26. The van der Waals surface area contributed by atoms with Gasteiger partial charge in [-0.3, -0.25) is 4.79 Å². The van der Waals surface area contributed by atoms with Gasteiger partial charge in [0.25, 0.3) is 0 Å². The summed E-state index contributed by atoms with van der Waals surface area (Å²) >= 11 is 0.842. The fraction of sp³-hybridized carbons (Fsp3) is 0. The summed E-state index contributed by atoms with van der Waals surface area (Å²) in [7, 11) is -3.83. The fourth-order valence-corrected chi connectivity index (χ4v) is 5.15. The van der Waals surface area contributed by atoms with Gasteiger partial charge in [0.05, 0.1) is 9.77 Å². The van der Waals surface area contributed by atoms with Gasteiger partial charge in [0.1, 0.15) is 10.0 Å². The van der Waals surface area contributed by atoms with Crippen molar-refractivity contribution in [1.82, 2.24) is 0 Å². The fourth-order valence-electron chi connectivity index (χ4n) is 2.22. The molecule has 116 valence electrons. The van der Waals surface area contributed by atoms with Crippen molar-refractivity contribution in [3.63, 3.8) is 0 Å². The van der Waals surface area contributed by atoms with Gasteiger partial charge in [0.15, 0.2) is 6.29 Å². The molecule has 1 aromatic heterocycles. The molecule has 0 aliphatic heterocycles. The predicted octanol–water partition coefficient (Wildman–Crippen LogP) is 4.20. The Bertz CT molecular complexity index is 961. The van der Waals surface area contributed by atoms with Crippen molar-refractivity contribution in [3.8, 4) is 11.1 Å². The van der Waals surface area contributed by atoms with Crippen LogP contribution in [-0.4, -0.2) is 14.7 Å². The lowest BCUT2D eigenvalue weighted by atomic mass is 10.1. The zero-order valence-electron chi connectivity index (χ0n) is 11.8. The van der Waals surface area contributed by atoms with Gasteiger partial charge in [-0.1, -0.05) is 36.4 Å². The third-order valence-electron chi connectivity index (χ3n) is 3.29. The molecule has 0 saturated carbocycles. The smallest absolute Gasteiger partial charge is 0.216 e. The van der Waals surface area contributed by atoms with Crippen molar-refractivity contribution in [2.24, 2.45) is 0 Å². The topological polar surface area (TPSA) is 51.2 Å². The van der Waals surface area contributed by atoms with E-state index in [0.717, 1.165) is 11.3 Å². The molecule has 6 heteroatoms. The molecule has 23 heavy (non-hydrogen) atoms. The van der Waals surface area contributed by atoms with Crippen molar-refractivity contribution in [2.45, 2.75) is 9.10 Å². The third kappa shape index (κ3) is 2.83. The van der Waals surface area contributed by atoms with Gasteiger partial charge in [-0.25, -0.2) is 12.8 Å². The molecule has 0 fully saturated rings. The van der Waals surface area contributed by atoms with E-state index in [0.29, 0.717) is 6.29 Å². The maximum absolute atomic E-state index is 14.1. The number of sulfone groups is 1. The van der Waals surface area contributed by atoms with Crippen LogP contribution >= 0.6 is 11.3 Å². The Morgan fingerprint density at radius 1 is 0.913 bits per heavy atom. The van der Waals surface area contributed by atoms with Crippen molar-refractivity contribution in [3.05, 3.63) is 71.4 Å². The quantitative estimate of drug-likeness (QED) is 0.665. The normalized spacial score (nSPS) is 11.3. The lowest BCUT2D eigenvalue weighted by Crippen LogP contribution is -2.01. The first-order valence-electron chi connectivity index (χ1n) is 6.68. The Hall–Kier alpha value is -2.31. The molecule has 0 aliphatic carbocycles. The standard InChI is InChI=1S/C17H11FO3S2/c18-16-9-5-4-8-14(16)15-10-12(11-19)22-17(15)23(20,21)13-6-2-1-3-7-13/h1-11H. The molecule has 0 atom stereocenters. The molecule has 3 aromatic rings. The second-order valence-corrected chi connectivity index (χ2v) is 7.99. The number of benzene rings is 2. The largest absolute Gasteiger partial charge is 0.297 e. The maximum atomic E-state index is 14.1. The van der Waals surface area contributed by atoms with Crippen LogP contribution in [0.25, 0.3) is 11.1 Å². The summed E-state index contributed by atoms with van der Waals surface area (Å²) in [6, 6.07) is 15.2. The summed E-state index contributed by atoms with van der Waals surface area (Å²) in [6.07, 6.45) is 0.568. The second-order valence-electron chi connectivity index (χ2n) is 4.76. The summed E-state index contributed by atoms with van der Waals surface area (Å²) in [5, 5.41) is 0. The minimum Gasteiger partial charge on any atom is -0.297 e. The van der Waals surface area contributed by atoms with Crippen molar-refractivity contribution >= 4 is 27.5 Å². The first-order valence-corrected chi connectivity index (χ1v) is 8.98. The monoisotopic (exact) mass is 346 g/mol. The average Bonchev–Trinajstić information content (AvgIpc) is 3.01. The highest BCUT2D eigenvalue weighted by atomic mass is 32.2. The van der Waals surface area contributed by atoms with Crippen LogP contribution in [0, 0.1) is 5.82 Å². The number of carbonyl (C=O) groups excluding carboxylic acids is 1. The summed E-state index contributed by atoms with van der Waals surface area (Å²) in [6.45, 7) is 0. The van der Waals surface area contributed by atoms with Crippen LogP contribution in [0.1, 0.15) is 9.67 Å². The average molecular weight is 346 g/mol. The Labute approximate surface area is 137 Å². The number of carbonyl (C=O) groups is 1. The molecular formula is C17H11FO3S2. The van der Waals surface area contributed by atoms with E-state index in [-0.39, 0.29) is 25.1 Å². The van der Waals surface area contributed by atoms with E-state index in [1.165, 1.54) is 36.4 Å². The van der Waals surface area contributed by atoms with Crippen molar-refractivity contribution in [1.29, 1.82) is 0 Å². The molecule has 0 N–H and O–H groups in total. The molecule has 1 heterocycles. The summed E-state index contributed by atoms with van der Waals surface area (Å²) < 4.78 is 39.7. The highest BCUT2D eigenvalue weighted by molar-refractivity contribution is 7.93. The summed E-state index contributed by atoms with van der Waals surface area (Å²) in [5.74, 6) is -0.535. The Morgan fingerprint density at radius 2 is 1.57 bits per heavy atom. The van der Waals surface area contributed by atoms with Crippen LogP contribution in [0.3, 0.4) is 0 Å². The summed E-state index contributed by atoms with van der Waals surface area (Å²) in [4.78, 5) is 11.4. The minimum atomic E-state index is -3.83. The number of hydrogen-bond donors (Lipinski definition) is 0. The van der Waals surface area contributed by atoms with Gasteiger partial charge in [-0.2, -0.15) is 0 Å². The van der Waals surface area contributed by atoms with E-state index in [2.05, 4.69) is 0 Å². The van der Waals surface area contributed by atoms with Gasteiger partial charge in [-0.05, 0) is 24.3 Å². The molecular weight excluding hydrogens is 335 g/mol. The van der Waals surface area contributed by atoms with Crippen LogP contribution < -0.4 is 0 Å². The van der Waals surface area contributed by atoms with Gasteiger partial charge < -0.3 is 0 Å². The molecule has 0 unspecified atom stereocenters. The number of halogens is 1. The van der Waals surface area contributed by atoms with E-state index in [4.69, 9.17) is 0 Å². The van der Waals surface area contributed by atoms with Gasteiger partial charge in [0, 0.05) is 11.1 Å².